The van der Waals surface area contributed by atoms with Gasteiger partial charge in [-0.05, 0) is 63.2 Å². The van der Waals surface area contributed by atoms with E-state index in [2.05, 4.69) is 5.32 Å². The molecule has 0 aromatic heterocycles. The van der Waals surface area contributed by atoms with Crippen LogP contribution >= 0.6 is 0 Å². The maximum Gasteiger partial charge on any atom is 0.223 e. The third-order valence-corrected chi connectivity index (χ3v) is 6.83. The van der Waals surface area contributed by atoms with Crippen LogP contribution in [-0.2, 0) is 9.63 Å². The predicted molar refractivity (Wildman–Crippen MR) is 96.1 cm³/mol. The van der Waals surface area contributed by atoms with E-state index >= 15 is 0 Å². The number of hydrogen-bond donors (Lipinski definition) is 2. The minimum Gasteiger partial charge on any atom is -0.353 e. The first kappa shape index (κ1) is 18.2. The van der Waals surface area contributed by atoms with E-state index in [0.29, 0.717) is 23.8 Å². The van der Waals surface area contributed by atoms with E-state index in [1.165, 1.54) is 51.4 Å². The van der Waals surface area contributed by atoms with Crippen molar-refractivity contribution in [2.24, 2.45) is 23.7 Å². The molecule has 3 aliphatic rings. The maximum absolute atomic E-state index is 12.4. The van der Waals surface area contributed by atoms with Crippen LogP contribution in [0.4, 0.5) is 0 Å². The van der Waals surface area contributed by atoms with Crippen LogP contribution in [0.3, 0.4) is 0 Å². The zero-order valence-corrected chi connectivity index (χ0v) is 15.2. The first-order valence-electron chi connectivity index (χ1n) is 10.4. The summed E-state index contributed by atoms with van der Waals surface area (Å²) in [4.78, 5) is 17.9. The third-order valence-electron chi connectivity index (χ3n) is 6.83. The second kappa shape index (κ2) is 9.19. The number of nitrogens with two attached hydrogens (primary N) is 1. The van der Waals surface area contributed by atoms with Gasteiger partial charge in [0, 0.05) is 12.0 Å². The fraction of sp³-hybridized carbons (Fsp3) is 0.950. The quantitative estimate of drug-likeness (QED) is 0.744. The van der Waals surface area contributed by atoms with Gasteiger partial charge in [-0.3, -0.25) is 4.79 Å². The van der Waals surface area contributed by atoms with Crippen LogP contribution in [0.5, 0.6) is 0 Å². The molecule has 3 N–H and O–H groups in total. The van der Waals surface area contributed by atoms with Crippen molar-refractivity contribution in [3.63, 3.8) is 0 Å². The predicted octanol–water partition coefficient (Wildman–Crippen LogP) is 4.08. The van der Waals surface area contributed by atoms with Gasteiger partial charge >= 0.3 is 0 Å². The molecule has 0 bridgehead atoms. The van der Waals surface area contributed by atoms with E-state index in [1.54, 1.807) is 0 Å². The zero-order chi connectivity index (χ0) is 16.8. The molecule has 1 amide bonds. The molecule has 0 heterocycles. The molecule has 0 saturated heterocycles. The van der Waals surface area contributed by atoms with Crippen LogP contribution in [0.25, 0.3) is 0 Å². The fourth-order valence-electron chi connectivity index (χ4n) is 5.35. The lowest BCUT2D eigenvalue weighted by Gasteiger charge is -2.38. The van der Waals surface area contributed by atoms with E-state index in [-0.39, 0.29) is 12.0 Å². The van der Waals surface area contributed by atoms with Gasteiger partial charge in [-0.2, -0.15) is 0 Å². The average molecular weight is 337 g/mol. The Balaban J connectivity index is 1.43. The van der Waals surface area contributed by atoms with Crippen molar-refractivity contribution in [3.05, 3.63) is 0 Å². The molecule has 3 aliphatic carbocycles. The summed E-state index contributed by atoms with van der Waals surface area (Å²) in [6.45, 7) is 0. The molecule has 0 aromatic rings. The topological polar surface area (TPSA) is 64.3 Å². The first-order chi connectivity index (χ1) is 11.8. The van der Waals surface area contributed by atoms with Gasteiger partial charge in [0.1, 0.15) is 0 Å². The van der Waals surface area contributed by atoms with E-state index in [9.17, 15) is 4.79 Å². The first-order valence-corrected chi connectivity index (χ1v) is 10.4. The summed E-state index contributed by atoms with van der Waals surface area (Å²) in [5.41, 5.74) is 0. The Morgan fingerprint density at radius 3 is 1.92 bits per heavy atom. The minimum absolute atomic E-state index is 0.236. The lowest BCUT2D eigenvalue weighted by atomic mass is 9.74. The minimum atomic E-state index is 0.236. The molecule has 4 nitrogen and oxygen atoms in total. The second-order valence-electron chi connectivity index (χ2n) is 8.45. The molecule has 138 valence electrons. The van der Waals surface area contributed by atoms with Crippen molar-refractivity contribution < 1.29 is 9.63 Å². The highest BCUT2D eigenvalue weighted by Crippen LogP contribution is 2.37. The molecule has 0 aliphatic heterocycles. The average Bonchev–Trinajstić information content (AvgIpc) is 2.65. The Bertz CT molecular complexity index is 381. The standard InChI is InChI=1S/C20H36N2O2/c21-24-19(15-7-3-1-4-8-15)16-11-13-18(14-12-16)22-20(23)17-9-5-2-6-10-17/h15-19H,1-14,21H2,(H,22,23). The van der Waals surface area contributed by atoms with Gasteiger partial charge in [-0.25, -0.2) is 5.90 Å². The van der Waals surface area contributed by atoms with E-state index in [0.717, 1.165) is 38.5 Å². The van der Waals surface area contributed by atoms with Crippen molar-refractivity contribution >= 4 is 5.91 Å². The lowest BCUT2D eigenvalue weighted by molar-refractivity contribution is -0.127. The molecule has 3 rings (SSSR count). The summed E-state index contributed by atoms with van der Waals surface area (Å²) < 4.78 is 0. The fourth-order valence-corrected chi connectivity index (χ4v) is 5.35. The Morgan fingerprint density at radius 2 is 1.33 bits per heavy atom. The second-order valence-corrected chi connectivity index (χ2v) is 8.45. The molecular formula is C20H36N2O2. The number of rotatable bonds is 5. The van der Waals surface area contributed by atoms with Crippen molar-refractivity contribution in [1.29, 1.82) is 0 Å². The highest BCUT2D eigenvalue weighted by atomic mass is 16.6. The normalized spacial score (nSPS) is 31.5. The van der Waals surface area contributed by atoms with Crippen LogP contribution in [0.2, 0.25) is 0 Å². The molecule has 1 unspecified atom stereocenters. The monoisotopic (exact) mass is 336 g/mol. The van der Waals surface area contributed by atoms with Crippen LogP contribution in [-0.4, -0.2) is 18.1 Å². The number of nitrogens with one attached hydrogen (secondary N) is 1. The van der Waals surface area contributed by atoms with E-state index in [1.807, 2.05) is 0 Å². The number of carbonyl (C=O) groups excluding carboxylic acids is 1. The summed E-state index contributed by atoms with van der Waals surface area (Å²) in [5.74, 6) is 7.51. The lowest BCUT2D eigenvalue weighted by Crippen LogP contribution is -2.44. The molecule has 3 fully saturated rings. The zero-order valence-electron chi connectivity index (χ0n) is 15.2. The van der Waals surface area contributed by atoms with E-state index in [4.69, 9.17) is 10.7 Å². The Morgan fingerprint density at radius 1 is 0.792 bits per heavy atom. The Kier molecular flexibility index (Phi) is 6.96. The molecule has 24 heavy (non-hydrogen) atoms. The smallest absolute Gasteiger partial charge is 0.223 e. The molecule has 1 atom stereocenters. The van der Waals surface area contributed by atoms with Crippen molar-refractivity contribution in [2.75, 3.05) is 0 Å². The van der Waals surface area contributed by atoms with Gasteiger partial charge in [-0.15, -0.1) is 0 Å². The SMILES string of the molecule is NOC(C1CCCCC1)C1CCC(NC(=O)C2CCCCC2)CC1. The summed E-state index contributed by atoms with van der Waals surface area (Å²) in [6.07, 6.45) is 17.2. The van der Waals surface area contributed by atoms with Crippen molar-refractivity contribution in [1.82, 2.24) is 5.32 Å². The maximum atomic E-state index is 12.4. The molecular weight excluding hydrogens is 300 g/mol. The van der Waals surface area contributed by atoms with Gasteiger partial charge in [-0.1, -0.05) is 38.5 Å². The van der Waals surface area contributed by atoms with Gasteiger partial charge in [0.2, 0.25) is 5.91 Å². The van der Waals surface area contributed by atoms with E-state index < -0.39 is 0 Å². The van der Waals surface area contributed by atoms with Gasteiger partial charge < -0.3 is 10.2 Å². The summed E-state index contributed by atoms with van der Waals surface area (Å²) in [6, 6.07) is 0.375. The van der Waals surface area contributed by atoms with Gasteiger partial charge in [0.25, 0.3) is 0 Å². The Labute approximate surface area is 147 Å². The van der Waals surface area contributed by atoms with Crippen molar-refractivity contribution in [3.8, 4) is 0 Å². The van der Waals surface area contributed by atoms with Crippen LogP contribution < -0.4 is 11.2 Å². The summed E-state index contributed by atoms with van der Waals surface area (Å²) in [7, 11) is 0. The largest absolute Gasteiger partial charge is 0.353 e. The summed E-state index contributed by atoms with van der Waals surface area (Å²) in [5, 5.41) is 3.33. The Hall–Kier alpha value is -0.610. The van der Waals surface area contributed by atoms with Crippen molar-refractivity contribution in [2.45, 2.75) is 102 Å². The van der Waals surface area contributed by atoms with Gasteiger partial charge in [0.15, 0.2) is 0 Å². The highest BCUT2D eigenvalue weighted by Gasteiger charge is 2.34. The van der Waals surface area contributed by atoms with Gasteiger partial charge in [0.05, 0.1) is 6.10 Å². The van der Waals surface area contributed by atoms with Crippen LogP contribution in [0.1, 0.15) is 89.9 Å². The molecule has 3 saturated carbocycles. The number of amides is 1. The molecule has 4 heteroatoms. The van der Waals surface area contributed by atoms with Crippen LogP contribution in [0, 0.1) is 17.8 Å². The number of hydrogen-bond acceptors (Lipinski definition) is 3. The number of carbonyl (C=O) groups is 1. The molecule has 0 aromatic carbocycles. The highest BCUT2D eigenvalue weighted by molar-refractivity contribution is 5.79. The van der Waals surface area contributed by atoms with Crippen LogP contribution in [0.15, 0.2) is 0 Å². The third kappa shape index (κ3) is 4.72. The molecule has 0 radical (unpaired) electrons. The summed E-state index contributed by atoms with van der Waals surface area (Å²) >= 11 is 0. The molecule has 0 spiro atoms.